The highest BCUT2D eigenvalue weighted by atomic mass is 16.2. The molecule has 2 amide bonds. The number of carbonyl (C=O) groups is 1. The summed E-state index contributed by atoms with van der Waals surface area (Å²) in [5, 5.41) is 11.0. The summed E-state index contributed by atoms with van der Waals surface area (Å²) in [5.41, 5.74) is 1.40. The molecule has 7 nitrogen and oxygen atoms in total. The molecule has 7 heteroatoms. The van der Waals surface area contributed by atoms with Crippen molar-refractivity contribution in [3.8, 4) is 0 Å². The van der Waals surface area contributed by atoms with E-state index in [0.717, 1.165) is 52.0 Å². The molecule has 2 aliphatic heterocycles. The van der Waals surface area contributed by atoms with Crippen LogP contribution in [0.25, 0.3) is 0 Å². The number of hydrogen-bond acceptors (Lipinski definition) is 4. The lowest BCUT2D eigenvalue weighted by molar-refractivity contribution is 0.156. The lowest BCUT2D eigenvalue weighted by Gasteiger charge is -2.35. The largest absolute Gasteiger partial charge is 0.338 e. The van der Waals surface area contributed by atoms with Gasteiger partial charge >= 0.3 is 6.03 Å². The van der Waals surface area contributed by atoms with Crippen LogP contribution in [0.2, 0.25) is 0 Å². The number of aromatic nitrogens is 3. The van der Waals surface area contributed by atoms with Gasteiger partial charge in [-0.1, -0.05) is 30.3 Å². The van der Waals surface area contributed by atoms with Gasteiger partial charge in [0.05, 0.1) is 0 Å². The quantitative estimate of drug-likeness (QED) is 0.815. The van der Waals surface area contributed by atoms with E-state index in [9.17, 15) is 4.79 Å². The predicted molar refractivity (Wildman–Crippen MR) is 113 cm³/mol. The average Bonchev–Trinajstić information content (AvgIpc) is 3.32. The van der Waals surface area contributed by atoms with E-state index >= 15 is 0 Å². The zero-order valence-electron chi connectivity index (χ0n) is 17.1. The Balaban J connectivity index is 1.16. The Morgan fingerprint density at radius 3 is 2.55 bits per heavy atom. The Morgan fingerprint density at radius 2 is 1.79 bits per heavy atom. The van der Waals surface area contributed by atoms with Crippen molar-refractivity contribution in [3.63, 3.8) is 0 Å². The van der Waals surface area contributed by atoms with Gasteiger partial charge in [0.1, 0.15) is 12.7 Å². The highest BCUT2D eigenvalue weighted by Crippen LogP contribution is 2.22. The molecule has 2 aromatic rings. The number of carbonyl (C=O) groups excluding carboxylic acids is 1. The van der Waals surface area contributed by atoms with Gasteiger partial charge in [0.25, 0.3) is 0 Å². The number of amides is 2. The molecule has 4 rings (SSSR count). The van der Waals surface area contributed by atoms with E-state index in [2.05, 4.69) is 55.3 Å². The van der Waals surface area contributed by atoms with E-state index < -0.39 is 0 Å². The fourth-order valence-corrected chi connectivity index (χ4v) is 4.56. The molecule has 1 N–H and O–H groups in total. The van der Waals surface area contributed by atoms with Crippen LogP contribution in [0.4, 0.5) is 4.79 Å². The normalized spacial score (nSPS) is 21.2. The van der Waals surface area contributed by atoms with Crippen LogP contribution in [0, 0.1) is 5.92 Å². The number of piperidine rings is 2. The van der Waals surface area contributed by atoms with Crippen molar-refractivity contribution < 1.29 is 4.79 Å². The third kappa shape index (κ3) is 5.56. The first-order valence-corrected chi connectivity index (χ1v) is 10.9. The van der Waals surface area contributed by atoms with Gasteiger partial charge in [0, 0.05) is 38.8 Å². The summed E-state index contributed by atoms with van der Waals surface area (Å²) in [6.07, 6.45) is 8.99. The van der Waals surface area contributed by atoms with Crippen LogP contribution >= 0.6 is 0 Å². The summed E-state index contributed by atoms with van der Waals surface area (Å²) in [6.45, 7) is 5.74. The average molecular weight is 397 g/mol. The third-order valence-electron chi connectivity index (χ3n) is 6.31. The van der Waals surface area contributed by atoms with Crippen molar-refractivity contribution in [2.24, 2.45) is 5.92 Å². The van der Waals surface area contributed by atoms with Crippen molar-refractivity contribution in [2.45, 2.75) is 38.1 Å². The van der Waals surface area contributed by atoms with E-state index in [0.29, 0.717) is 12.0 Å². The molecule has 29 heavy (non-hydrogen) atoms. The van der Waals surface area contributed by atoms with Crippen LogP contribution < -0.4 is 5.32 Å². The van der Waals surface area contributed by atoms with E-state index in [1.54, 1.807) is 12.7 Å². The molecule has 0 aliphatic carbocycles. The van der Waals surface area contributed by atoms with Crippen LogP contribution in [0.15, 0.2) is 43.0 Å². The standard InChI is InChI=1S/C22H32N6O/c29-22(27-13-9-21(10-14-27)28-17-24-25-18-28)23-15-20-7-4-11-26(16-20)12-8-19-5-2-1-3-6-19/h1-3,5-6,17-18,20-21H,4,7-16H2,(H,23,29)/t20-/m1/s1. The maximum absolute atomic E-state index is 12.6. The zero-order chi connectivity index (χ0) is 19.9. The maximum Gasteiger partial charge on any atom is 0.317 e. The van der Waals surface area contributed by atoms with Gasteiger partial charge in [0.15, 0.2) is 0 Å². The first kappa shape index (κ1) is 19.9. The van der Waals surface area contributed by atoms with Gasteiger partial charge in [-0.3, -0.25) is 0 Å². The Morgan fingerprint density at radius 1 is 1.03 bits per heavy atom. The topological polar surface area (TPSA) is 66.3 Å². The highest BCUT2D eigenvalue weighted by Gasteiger charge is 2.25. The van der Waals surface area contributed by atoms with Crippen molar-refractivity contribution >= 4 is 6.03 Å². The van der Waals surface area contributed by atoms with Crippen molar-refractivity contribution in [3.05, 3.63) is 48.5 Å². The summed E-state index contributed by atoms with van der Waals surface area (Å²) in [6, 6.07) is 11.2. The second kappa shape index (κ2) is 9.87. The fourth-order valence-electron chi connectivity index (χ4n) is 4.56. The van der Waals surface area contributed by atoms with Crippen LogP contribution in [0.5, 0.6) is 0 Å². The molecular weight excluding hydrogens is 364 g/mol. The molecule has 0 spiro atoms. The highest BCUT2D eigenvalue weighted by molar-refractivity contribution is 5.74. The molecule has 1 aromatic carbocycles. The molecule has 1 aromatic heterocycles. The van der Waals surface area contributed by atoms with Gasteiger partial charge in [-0.15, -0.1) is 10.2 Å². The number of likely N-dealkylation sites (tertiary alicyclic amines) is 2. The minimum absolute atomic E-state index is 0.0913. The summed E-state index contributed by atoms with van der Waals surface area (Å²) in [5.74, 6) is 0.554. The Labute approximate surface area is 173 Å². The Bertz CT molecular complexity index is 742. The van der Waals surface area contributed by atoms with E-state index in [4.69, 9.17) is 0 Å². The number of urea groups is 1. The third-order valence-corrected chi connectivity index (χ3v) is 6.31. The van der Waals surface area contributed by atoms with Crippen LogP contribution in [0.1, 0.15) is 37.3 Å². The Hall–Kier alpha value is -2.41. The van der Waals surface area contributed by atoms with Crippen LogP contribution in [0.3, 0.4) is 0 Å². The Kier molecular flexibility index (Phi) is 6.77. The molecule has 0 bridgehead atoms. The van der Waals surface area contributed by atoms with Crippen LogP contribution in [-0.4, -0.2) is 69.9 Å². The number of rotatable bonds is 6. The zero-order valence-corrected chi connectivity index (χ0v) is 17.1. The molecule has 3 heterocycles. The van der Waals surface area contributed by atoms with Crippen molar-refractivity contribution in [1.82, 2.24) is 29.9 Å². The van der Waals surface area contributed by atoms with E-state index in [-0.39, 0.29) is 6.03 Å². The van der Waals surface area contributed by atoms with Crippen molar-refractivity contribution in [2.75, 3.05) is 39.3 Å². The lowest BCUT2D eigenvalue weighted by Crippen LogP contribution is -2.47. The lowest BCUT2D eigenvalue weighted by atomic mass is 9.97. The molecule has 156 valence electrons. The smallest absolute Gasteiger partial charge is 0.317 e. The first-order valence-electron chi connectivity index (χ1n) is 10.9. The van der Waals surface area contributed by atoms with Gasteiger partial charge in [-0.2, -0.15) is 0 Å². The molecule has 1 atom stereocenters. The molecular formula is C22H32N6O. The summed E-state index contributed by atoms with van der Waals surface area (Å²) < 4.78 is 2.06. The van der Waals surface area contributed by atoms with Crippen molar-refractivity contribution in [1.29, 1.82) is 0 Å². The first-order chi connectivity index (χ1) is 14.3. The molecule has 2 saturated heterocycles. The number of nitrogens with zero attached hydrogens (tertiary/aromatic N) is 5. The van der Waals surface area contributed by atoms with Gasteiger partial charge < -0.3 is 19.7 Å². The molecule has 2 aliphatic rings. The predicted octanol–water partition coefficient (Wildman–Crippen LogP) is 2.58. The summed E-state index contributed by atoms with van der Waals surface area (Å²) in [4.78, 5) is 17.1. The minimum Gasteiger partial charge on any atom is -0.338 e. The van der Waals surface area contributed by atoms with Gasteiger partial charge in [-0.25, -0.2) is 4.79 Å². The summed E-state index contributed by atoms with van der Waals surface area (Å²) in [7, 11) is 0. The molecule has 0 radical (unpaired) electrons. The summed E-state index contributed by atoms with van der Waals surface area (Å²) >= 11 is 0. The second-order valence-electron chi connectivity index (χ2n) is 8.36. The van der Waals surface area contributed by atoms with E-state index in [1.807, 2.05) is 4.90 Å². The number of hydrogen-bond donors (Lipinski definition) is 1. The van der Waals surface area contributed by atoms with E-state index in [1.165, 1.54) is 24.9 Å². The van der Waals surface area contributed by atoms with Gasteiger partial charge in [-0.05, 0) is 50.1 Å². The van der Waals surface area contributed by atoms with Gasteiger partial charge in [0.2, 0.25) is 0 Å². The number of nitrogens with one attached hydrogen (secondary N) is 1. The number of benzene rings is 1. The second-order valence-corrected chi connectivity index (χ2v) is 8.36. The SMILES string of the molecule is O=C(NC[C@H]1CCCN(CCc2ccccc2)C1)N1CCC(n2cnnc2)CC1. The molecule has 0 unspecified atom stereocenters. The minimum atomic E-state index is 0.0913. The van der Waals surface area contributed by atoms with Crippen LogP contribution in [-0.2, 0) is 6.42 Å². The monoisotopic (exact) mass is 396 g/mol. The fraction of sp³-hybridized carbons (Fsp3) is 0.591. The molecule has 0 saturated carbocycles. The maximum atomic E-state index is 12.6. The molecule has 2 fully saturated rings.